The minimum absolute atomic E-state index is 0.0621. The molecule has 1 aliphatic heterocycles. The molecule has 0 bridgehead atoms. The highest BCUT2D eigenvalue weighted by Gasteiger charge is 2.28. The number of nitrogens with zero attached hydrogens (tertiary/aromatic N) is 1. The number of ether oxygens (including phenoxy) is 1. The number of carbonyl (C=O) groups excluding carboxylic acids is 1. The van der Waals surface area contributed by atoms with E-state index in [0.29, 0.717) is 12.1 Å². The first kappa shape index (κ1) is 13.0. The summed E-state index contributed by atoms with van der Waals surface area (Å²) in [6.07, 6.45) is -0.0253. The van der Waals surface area contributed by atoms with Crippen molar-refractivity contribution < 1.29 is 13.9 Å². The summed E-state index contributed by atoms with van der Waals surface area (Å²) in [4.78, 5) is 13.3. The second kappa shape index (κ2) is 5.48. The molecule has 2 atom stereocenters. The number of esters is 1. The molecule has 1 fully saturated rings. The number of rotatable bonds is 2. The monoisotopic (exact) mass is 251 g/mol. The smallest absolute Gasteiger partial charge is 0.337 e. The molecule has 3 nitrogen and oxygen atoms in total. The van der Waals surface area contributed by atoms with Gasteiger partial charge in [0, 0.05) is 12.5 Å². The van der Waals surface area contributed by atoms with Gasteiger partial charge in [-0.15, -0.1) is 0 Å². The van der Waals surface area contributed by atoms with Gasteiger partial charge in [0.25, 0.3) is 0 Å². The minimum atomic E-state index is -0.840. The second-order valence-electron chi connectivity index (χ2n) is 4.79. The number of carbonyl (C=O) groups is 1. The van der Waals surface area contributed by atoms with Crippen molar-refractivity contribution >= 4 is 5.97 Å². The molecule has 1 aromatic carbocycles. The number of piperidine rings is 1. The average molecular weight is 251 g/mol. The fourth-order valence-electron chi connectivity index (χ4n) is 2.42. The summed E-state index contributed by atoms with van der Waals surface area (Å²) in [7, 11) is 3.29. The lowest BCUT2D eigenvalue weighted by Crippen LogP contribution is -2.38. The van der Waals surface area contributed by atoms with Gasteiger partial charge in [-0.05, 0) is 37.7 Å². The van der Waals surface area contributed by atoms with Crippen LogP contribution in [0.3, 0.4) is 0 Å². The van der Waals surface area contributed by atoms with Crippen LogP contribution in [0, 0.1) is 0 Å². The van der Waals surface area contributed by atoms with Crippen LogP contribution >= 0.6 is 0 Å². The molecule has 1 aliphatic rings. The number of likely N-dealkylation sites (tertiary alicyclic amines) is 1. The Morgan fingerprint density at radius 2 is 2.06 bits per heavy atom. The quantitative estimate of drug-likeness (QED) is 0.755. The van der Waals surface area contributed by atoms with E-state index in [4.69, 9.17) is 0 Å². The highest BCUT2D eigenvalue weighted by atomic mass is 19.1. The van der Waals surface area contributed by atoms with Crippen LogP contribution in [-0.2, 0) is 4.74 Å². The molecule has 2 rings (SSSR count). The van der Waals surface area contributed by atoms with Gasteiger partial charge in [-0.25, -0.2) is 9.18 Å². The maximum absolute atomic E-state index is 14.0. The van der Waals surface area contributed by atoms with E-state index in [0.717, 1.165) is 18.5 Å². The Balaban J connectivity index is 2.12. The molecule has 18 heavy (non-hydrogen) atoms. The van der Waals surface area contributed by atoms with Crippen LogP contribution in [0.2, 0.25) is 0 Å². The average Bonchev–Trinajstić information content (AvgIpc) is 2.38. The molecule has 0 saturated carbocycles. The standard InChI is InChI=1S/C14H18FNO2/c1-16-8-7-12(13(15)9-16)10-3-5-11(6-4-10)14(17)18-2/h3-6,12-13H,7-9H2,1-2H3. The van der Waals surface area contributed by atoms with E-state index >= 15 is 0 Å². The van der Waals surface area contributed by atoms with Crippen LogP contribution in [0.1, 0.15) is 28.3 Å². The van der Waals surface area contributed by atoms with Crippen molar-refractivity contribution in [2.75, 3.05) is 27.2 Å². The number of hydrogen-bond acceptors (Lipinski definition) is 3. The van der Waals surface area contributed by atoms with Gasteiger partial charge in [0.1, 0.15) is 6.17 Å². The predicted octanol–water partition coefficient (Wildman–Crippen LogP) is 2.23. The molecule has 0 N–H and O–H groups in total. The molecule has 0 radical (unpaired) electrons. The Labute approximate surface area is 107 Å². The van der Waals surface area contributed by atoms with Crippen molar-refractivity contribution in [1.29, 1.82) is 0 Å². The third-order valence-electron chi connectivity index (χ3n) is 3.50. The number of benzene rings is 1. The van der Waals surface area contributed by atoms with E-state index in [2.05, 4.69) is 4.74 Å². The molecule has 0 aromatic heterocycles. The van der Waals surface area contributed by atoms with Crippen LogP contribution in [0.4, 0.5) is 4.39 Å². The number of methoxy groups -OCH3 is 1. The normalized spacial score (nSPS) is 24.8. The summed E-state index contributed by atoms with van der Waals surface area (Å²) in [5, 5.41) is 0. The third kappa shape index (κ3) is 2.70. The number of alkyl halides is 1. The summed E-state index contributed by atoms with van der Waals surface area (Å²) >= 11 is 0. The topological polar surface area (TPSA) is 29.5 Å². The molecule has 1 saturated heterocycles. The Kier molecular flexibility index (Phi) is 3.97. The van der Waals surface area contributed by atoms with Crippen molar-refractivity contribution in [1.82, 2.24) is 4.90 Å². The van der Waals surface area contributed by atoms with Crippen LogP contribution in [0.15, 0.2) is 24.3 Å². The third-order valence-corrected chi connectivity index (χ3v) is 3.50. The van der Waals surface area contributed by atoms with Crippen molar-refractivity contribution in [3.63, 3.8) is 0 Å². The molecule has 0 spiro atoms. The first-order chi connectivity index (χ1) is 8.61. The lowest BCUT2D eigenvalue weighted by atomic mass is 9.88. The molecule has 2 unspecified atom stereocenters. The Bertz CT molecular complexity index is 418. The molecule has 0 amide bonds. The van der Waals surface area contributed by atoms with Gasteiger partial charge in [0.15, 0.2) is 0 Å². The first-order valence-electron chi connectivity index (χ1n) is 6.12. The maximum Gasteiger partial charge on any atom is 0.337 e. The lowest BCUT2D eigenvalue weighted by molar-refractivity contribution is 0.0600. The van der Waals surface area contributed by atoms with Crippen LogP contribution in [0.5, 0.6) is 0 Å². The summed E-state index contributed by atoms with van der Waals surface area (Å²) in [6.45, 7) is 1.38. The van der Waals surface area contributed by atoms with E-state index in [-0.39, 0.29) is 11.9 Å². The zero-order valence-corrected chi connectivity index (χ0v) is 10.7. The van der Waals surface area contributed by atoms with E-state index in [9.17, 15) is 9.18 Å². The van der Waals surface area contributed by atoms with Crippen LogP contribution in [0.25, 0.3) is 0 Å². The van der Waals surface area contributed by atoms with E-state index in [1.165, 1.54) is 7.11 Å². The van der Waals surface area contributed by atoms with Crippen molar-refractivity contribution in [2.24, 2.45) is 0 Å². The van der Waals surface area contributed by atoms with Crippen molar-refractivity contribution in [3.8, 4) is 0 Å². The van der Waals surface area contributed by atoms with E-state index < -0.39 is 6.17 Å². The summed E-state index contributed by atoms with van der Waals surface area (Å²) in [5.41, 5.74) is 1.47. The Hall–Kier alpha value is -1.42. The van der Waals surface area contributed by atoms with Crippen LogP contribution < -0.4 is 0 Å². The van der Waals surface area contributed by atoms with E-state index in [1.807, 2.05) is 24.1 Å². The minimum Gasteiger partial charge on any atom is -0.465 e. The van der Waals surface area contributed by atoms with Gasteiger partial charge in [-0.1, -0.05) is 12.1 Å². The fraction of sp³-hybridized carbons (Fsp3) is 0.500. The van der Waals surface area contributed by atoms with Gasteiger partial charge >= 0.3 is 5.97 Å². The highest BCUT2D eigenvalue weighted by molar-refractivity contribution is 5.89. The lowest BCUT2D eigenvalue weighted by Gasteiger charge is -2.32. The number of hydrogen-bond donors (Lipinski definition) is 0. The van der Waals surface area contributed by atoms with Gasteiger partial charge in [-0.3, -0.25) is 0 Å². The van der Waals surface area contributed by atoms with Gasteiger partial charge < -0.3 is 9.64 Å². The molecule has 0 aliphatic carbocycles. The largest absolute Gasteiger partial charge is 0.465 e. The Morgan fingerprint density at radius 3 is 2.61 bits per heavy atom. The van der Waals surface area contributed by atoms with Gasteiger partial charge in [-0.2, -0.15) is 0 Å². The molecular weight excluding hydrogens is 233 g/mol. The summed E-state index contributed by atoms with van der Waals surface area (Å²) in [5.74, 6) is -0.422. The molecule has 4 heteroatoms. The molecule has 1 aromatic rings. The van der Waals surface area contributed by atoms with E-state index in [1.54, 1.807) is 12.1 Å². The summed E-state index contributed by atoms with van der Waals surface area (Å²) < 4.78 is 18.6. The first-order valence-corrected chi connectivity index (χ1v) is 6.12. The Morgan fingerprint density at radius 1 is 1.39 bits per heavy atom. The number of halogens is 1. The van der Waals surface area contributed by atoms with Gasteiger partial charge in [0.2, 0.25) is 0 Å². The molecule has 1 heterocycles. The maximum atomic E-state index is 14.0. The molecule has 98 valence electrons. The van der Waals surface area contributed by atoms with Crippen molar-refractivity contribution in [2.45, 2.75) is 18.5 Å². The van der Waals surface area contributed by atoms with Crippen molar-refractivity contribution in [3.05, 3.63) is 35.4 Å². The SMILES string of the molecule is COC(=O)c1ccc(C2CCN(C)CC2F)cc1. The zero-order valence-electron chi connectivity index (χ0n) is 10.7. The fourth-order valence-corrected chi connectivity index (χ4v) is 2.42. The highest BCUT2D eigenvalue weighted by Crippen LogP contribution is 2.30. The second-order valence-corrected chi connectivity index (χ2v) is 4.79. The van der Waals surface area contributed by atoms with Gasteiger partial charge in [0.05, 0.1) is 12.7 Å². The van der Waals surface area contributed by atoms with Crippen LogP contribution in [-0.4, -0.2) is 44.3 Å². The molecular formula is C14H18FNO2. The predicted molar refractivity (Wildman–Crippen MR) is 67.5 cm³/mol. The summed E-state index contributed by atoms with van der Waals surface area (Å²) in [6, 6.07) is 7.06. The zero-order chi connectivity index (χ0) is 13.1.